The van der Waals surface area contributed by atoms with E-state index >= 15 is 0 Å². The van der Waals surface area contributed by atoms with Gasteiger partial charge in [0.15, 0.2) is 0 Å². The van der Waals surface area contributed by atoms with E-state index in [2.05, 4.69) is 10.6 Å². The highest BCUT2D eigenvalue weighted by Crippen LogP contribution is 2.27. The van der Waals surface area contributed by atoms with Crippen LogP contribution in [0.4, 0.5) is 10.5 Å². The van der Waals surface area contributed by atoms with Gasteiger partial charge in [0.1, 0.15) is 29.5 Å². The van der Waals surface area contributed by atoms with Crippen LogP contribution in [-0.2, 0) is 9.59 Å². The summed E-state index contributed by atoms with van der Waals surface area (Å²) < 4.78 is 15.6. The Balaban J connectivity index is 1.76. The van der Waals surface area contributed by atoms with Gasteiger partial charge in [-0.25, -0.2) is 9.69 Å². The van der Waals surface area contributed by atoms with Crippen molar-refractivity contribution in [3.8, 4) is 17.2 Å². The summed E-state index contributed by atoms with van der Waals surface area (Å²) in [6.07, 6.45) is 1.47. The predicted octanol–water partition coefficient (Wildman–Crippen LogP) is 2.24. The first-order valence-electron chi connectivity index (χ1n) is 8.96. The average Bonchev–Trinajstić information content (AvgIpc) is 3.01. The quantitative estimate of drug-likeness (QED) is 0.535. The Morgan fingerprint density at radius 2 is 1.77 bits per heavy atom. The lowest BCUT2D eigenvalue weighted by molar-refractivity contribution is -0.127. The fourth-order valence-electron chi connectivity index (χ4n) is 2.90. The first-order chi connectivity index (χ1) is 14.5. The van der Waals surface area contributed by atoms with Crippen molar-refractivity contribution in [1.29, 1.82) is 0 Å². The molecule has 9 heteroatoms. The van der Waals surface area contributed by atoms with E-state index < -0.39 is 24.4 Å². The summed E-state index contributed by atoms with van der Waals surface area (Å²) in [6.45, 7) is -0.449. The third-order valence-electron chi connectivity index (χ3n) is 4.38. The Kier molecular flexibility index (Phi) is 6.21. The minimum absolute atomic E-state index is 0.0247. The first kappa shape index (κ1) is 20.7. The summed E-state index contributed by atoms with van der Waals surface area (Å²) in [6, 6.07) is 11.2. The molecule has 0 radical (unpaired) electrons. The van der Waals surface area contributed by atoms with Gasteiger partial charge in [0.2, 0.25) is 5.91 Å². The highest BCUT2D eigenvalue weighted by molar-refractivity contribution is 6.16. The molecule has 0 atom stereocenters. The van der Waals surface area contributed by atoms with Gasteiger partial charge in [-0.1, -0.05) is 12.1 Å². The van der Waals surface area contributed by atoms with Crippen LogP contribution in [0.3, 0.4) is 0 Å². The van der Waals surface area contributed by atoms with Gasteiger partial charge < -0.3 is 24.8 Å². The number of urea groups is 1. The fraction of sp³-hybridized carbons (Fsp3) is 0.190. The SMILES string of the molecule is COc1ccc(OC)c(/C=C2/NC(=O)N(CC(=O)Nc3ccccc3OC)C2=O)c1. The van der Waals surface area contributed by atoms with Crippen LogP contribution in [0.2, 0.25) is 0 Å². The maximum atomic E-state index is 12.7. The van der Waals surface area contributed by atoms with Gasteiger partial charge in [-0.05, 0) is 36.4 Å². The van der Waals surface area contributed by atoms with E-state index in [9.17, 15) is 14.4 Å². The summed E-state index contributed by atoms with van der Waals surface area (Å²) in [5.74, 6) is 0.363. The molecule has 1 heterocycles. The number of methoxy groups -OCH3 is 3. The number of amides is 4. The molecule has 4 amide bonds. The van der Waals surface area contributed by atoms with Gasteiger partial charge in [0, 0.05) is 5.56 Å². The van der Waals surface area contributed by atoms with Crippen molar-refractivity contribution in [3.05, 3.63) is 53.7 Å². The van der Waals surface area contributed by atoms with E-state index in [1.807, 2.05) is 0 Å². The Bertz CT molecular complexity index is 1020. The molecular weight excluding hydrogens is 390 g/mol. The standard InChI is InChI=1S/C21H21N3O6/c1-28-14-8-9-17(29-2)13(10-14)11-16-20(26)24(21(27)23-16)12-19(25)22-15-6-4-5-7-18(15)30-3/h4-11H,12H2,1-3H3,(H,22,25)(H,23,27)/b16-11+. The molecule has 1 aliphatic heterocycles. The van der Waals surface area contributed by atoms with Crippen LogP contribution in [0, 0.1) is 0 Å². The minimum Gasteiger partial charge on any atom is -0.497 e. The highest BCUT2D eigenvalue weighted by atomic mass is 16.5. The number of carbonyl (C=O) groups excluding carboxylic acids is 3. The number of anilines is 1. The monoisotopic (exact) mass is 411 g/mol. The molecule has 1 fully saturated rings. The summed E-state index contributed by atoms with van der Waals surface area (Å²) in [7, 11) is 4.49. The lowest BCUT2D eigenvalue weighted by Crippen LogP contribution is -2.38. The van der Waals surface area contributed by atoms with Crippen LogP contribution >= 0.6 is 0 Å². The minimum atomic E-state index is -0.691. The molecule has 2 aromatic carbocycles. The van der Waals surface area contributed by atoms with Crippen molar-refractivity contribution < 1.29 is 28.6 Å². The van der Waals surface area contributed by atoms with Crippen molar-refractivity contribution in [3.63, 3.8) is 0 Å². The molecule has 0 spiro atoms. The van der Waals surface area contributed by atoms with E-state index in [0.29, 0.717) is 28.5 Å². The lowest BCUT2D eigenvalue weighted by Gasteiger charge is -2.13. The molecule has 0 aromatic heterocycles. The molecule has 1 saturated heterocycles. The molecule has 0 aliphatic carbocycles. The van der Waals surface area contributed by atoms with E-state index in [0.717, 1.165) is 4.90 Å². The van der Waals surface area contributed by atoms with Crippen molar-refractivity contribution in [2.75, 3.05) is 33.2 Å². The van der Waals surface area contributed by atoms with Gasteiger partial charge in [0.25, 0.3) is 5.91 Å². The van der Waals surface area contributed by atoms with Gasteiger partial charge in [-0.15, -0.1) is 0 Å². The second-order valence-corrected chi connectivity index (χ2v) is 6.24. The van der Waals surface area contributed by atoms with E-state index in [1.165, 1.54) is 27.4 Å². The zero-order valence-electron chi connectivity index (χ0n) is 16.7. The Morgan fingerprint density at radius 1 is 1.03 bits per heavy atom. The van der Waals surface area contributed by atoms with Crippen LogP contribution in [-0.4, -0.2) is 50.6 Å². The molecular formula is C21H21N3O6. The second-order valence-electron chi connectivity index (χ2n) is 6.24. The number of para-hydroxylation sites is 2. The molecule has 1 aliphatic rings. The lowest BCUT2D eigenvalue weighted by atomic mass is 10.1. The second kappa shape index (κ2) is 8.99. The fourth-order valence-corrected chi connectivity index (χ4v) is 2.90. The average molecular weight is 411 g/mol. The number of hydrogen-bond donors (Lipinski definition) is 2. The molecule has 30 heavy (non-hydrogen) atoms. The number of nitrogens with zero attached hydrogens (tertiary/aromatic N) is 1. The van der Waals surface area contributed by atoms with Crippen molar-refractivity contribution in [1.82, 2.24) is 10.2 Å². The summed E-state index contributed by atoms with van der Waals surface area (Å²) in [4.78, 5) is 38.2. The predicted molar refractivity (Wildman–Crippen MR) is 109 cm³/mol. The topological polar surface area (TPSA) is 106 Å². The number of carbonyl (C=O) groups is 3. The first-order valence-corrected chi connectivity index (χ1v) is 8.96. The number of imide groups is 1. The highest BCUT2D eigenvalue weighted by Gasteiger charge is 2.35. The normalized spacial score (nSPS) is 14.5. The number of benzene rings is 2. The van der Waals surface area contributed by atoms with Crippen LogP contribution in [0.25, 0.3) is 6.08 Å². The van der Waals surface area contributed by atoms with Gasteiger partial charge in [-0.3, -0.25) is 9.59 Å². The summed E-state index contributed by atoms with van der Waals surface area (Å²) in [5.41, 5.74) is 1.01. The maximum absolute atomic E-state index is 12.7. The zero-order valence-corrected chi connectivity index (χ0v) is 16.7. The molecule has 9 nitrogen and oxygen atoms in total. The van der Waals surface area contributed by atoms with Crippen LogP contribution < -0.4 is 24.8 Å². The third-order valence-corrected chi connectivity index (χ3v) is 4.38. The van der Waals surface area contributed by atoms with Crippen molar-refractivity contribution in [2.45, 2.75) is 0 Å². The van der Waals surface area contributed by atoms with Crippen LogP contribution in [0.15, 0.2) is 48.2 Å². The number of hydrogen-bond acceptors (Lipinski definition) is 6. The molecule has 0 unspecified atom stereocenters. The van der Waals surface area contributed by atoms with Crippen LogP contribution in [0.1, 0.15) is 5.56 Å². The van der Waals surface area contributed by atoms with E-state index in [1.54, 1.807) is 42.5 Å². The van der Waals surface area contributed by atoms with Gasteiger partial charge in [-0.2, -0.15) is 0 Å². The Hall–Kier alpha value is -4.01. The van der Waals surface area contributed by atoms with Crippen LogP contribution in [0.5, 0.6) is 17.2 Å². The largest absolute Gasteiger partial charge is 0.497 e. The number of rotatable bonds is 7. The van der Waals surface area contributed by atoms with Crippen molar-refractivity contribution in [2.24, 2.45) is 0 Å². The molecule has 2 aromatic rings. The van der Waals surface area contributed by atoms with Gasteiger partial charge in [0.05, 0.1) is 27.0 Å². The third kappa shape index (κ3) is 4.35. The van der Waals surface area contributed by atoms with E-state index in [-0.39, 0.29) is 5.70 Å². The molecule has 156 valence electrons. The Labute approximate surface area is 173 Å². The maximum Gasteiger partial charge on any atom is 0.329 e. The molecule has 0 bridgehead atoms. The number of nitrogens with one attached hydrogen (secondary N) is 2. The van der Waals surface area contributed by atoms with Crippen molar-refractivity contribution >= 4 is 29.6 Å². The van der Waals surface area contributed by atoms with Gasteiger partial charge >= 0.3 is 6.03 Å². The molecule has 2 N–H and O–H groups in total. The molecule has 0 saturated carbocycles. The summed E-state index contributed by atoms with van der Waals surface area (Å²) >= 11 is 0. The smallest absolute Gasteiger partial charge is 0.329 e. The zero-order chi connectivity index (χ0) is 21.7. The number of ether oxygens (including phenoxy) is 3. The molecule has 3 rings (SSSR count). The summed E-state index contributed by atoms with van der Waals surface area (Å²) in [5, 5.41) is 5.11. The van der Waals surface area contributed by atoms with E-state index in [4.69, 9.17) is 14.2 Å². The Morgan fingerprint density at radius 3 is 2.47 bits per heavy atom.